The summed E-state index contributed by atoms with van der Waals surface area (Å²) in [6.45, 7) is 4.95. The minimum absolute atomic E-state index is 0.00425. The molecule has 0 radical (unpaired) electrons. The first-order valence-corrected chi connectivity index (χ1v) is 11.2. The summed E-state index contributed by atoms with van der Waals surface area (Å²) in [5, 5.41) is 2.81. The van der Waals surface area contributed by atoms with Gasteiger partial charge in [0.2, 0.25) is 5.91 Å². The fourth-order valence-electron chi connectivity index (χ4n) is 3.72. The quantitative estimate of drug-likeness (QED) is 0.725. The molecule has 1 heterocycles. The number of piperazine rings is 1. The summed E-state index contributed by atoms with van der Waals surface area (Å²) in [4.78, 5) is 42.6. The molecule has 1 fully saturated rings. The highest BCUT2D eigenvalue weighted by molar-refractivity contribution is 5.94. The molecular formula is C25H32N4O3. The van der Waals surface area contributed by atoms with Crippen molar-refractivity contribution in [1.82, 2.24) is 20.0 Å². The zero-order valence-corrected chi connectivity index (χ0v) is 18.9. The molecule has 0 saturated carbocycles. The Morgan fingerprint density at radius 1 is 0.875 bits per heavy atom. The molecule has 32 heavy (non-hydrogen) atoms. The molecule has 0 spiro atoms. The van der Waals surface area contributed by atoms with Crippen LogP contribution in [-0.4, -0.2) is 72.3 Å². The number of hydrogen-bond donors (Lipinski definition) is 1. The van der Waals surface area contributed by atoms with Crippen LogP contribution >= 0.6 is 0 Å². The molecule has 2 aromatic rings. The lowest BCUT2D eigenvalue weighted by atomic mass is 10.1. The number of nitrogens with one attached hydrogen (secondary N) is 1. The fourth-order valence-corrected chi connectivity index (χ4v) is 3.72. The van der Waals surface area contributed by atoms with E-state index in [-0.39, 0.29) is 24.3 Å². The van der Waals surface area contributed by atoms with Gasteiger partial charge in [-0.1, -0.05) is 49.4 Å². The van der Waals surface area contributed by atoms with Crippen molar-refractivity contribution in [3.8, 4) is 0 Å². The van der Waals surface area contributed by atoms with Gasteiger partial charge in [0.25, 0.3) is 5.91 Å². The van der Waals surface area contributed by atoms with Crippen LogP contribution in [0.4, 0.5) is 4.79 Å². The van der Waals surface area contributed by atoms with Crippen molar-refractivity contribution in [2.45, 2.75) is 26.3 Å². The van der Waals surface area contributed by atoms with Gasteiger partial charge in [0, 0.05) is 58.3 Å². The molecule has 2 aromatic carbocycles. The maximum absolute atomic E-state index is 12.7. The maximum Gasteiger partial charge on any atom is 0.317 e. The summed E-state index contributed by atoms with van der Waals surface area (Å²) in [5.41, 5.74) is 2.94. The monoisotopic (exact) mass is 436 g/mol. The molecule has 0 aromatic heterocycles. The van der Waals surface area contributed by atoms with Crippen molar-refractivity contribution in [2.75, 3.05) is 39.8 Å². The van der Waals surface area contributed by atoms with E-state index in [0.717, 1.165) is 12.0 Å². The molecule has 0 unspecified atom stereocenters. The van der Waals surface area contributed by atoms with Gasteiger partial charge in [-0.3, -0.25) is 9.59 Å². The van der Waals surface area contributed by atoms with Crippen LogP contribution in [0.5, 0.6) is 0 Å². The summed E-state index contributed by atoms with van der Waals surface area (Å²) in [5.74, 6) is 0.00359. The minimum atomic E-state index is -0.203. The second-order valence-corrected chi connectivity index (χ2v) is 8.05. The summed E-state index contributed by atoms with van der Waals surface area (Å²) >= 11 is 0. The first-order valence-electron chi connectivity index (χ1n) is 11.2. The second-order valence-electron chi connectivity index (χ2n) is 8.05. The highest BCUT2D eigenvalue weighted by Gasteiger charge is 2.24. The Kier molecular flexibility index (Phi) is 8.25. The van der Waals surface area contributed by atoms with E-state index in [1.54, 1.807) is 21.7 Å². The lowest BCUT2D eigenvalue weighted by Crippen LogP contribution is -2.51. The first-order chi connectivity index (χ1) is 15.5. The van der Waals surface area contributed by atoms with E-state index < -0.39 is 0 Å². The zero-order valence-electron chi connectivity index (χ0n) is 18.9. The van der Waals surface area contributed by atoms with Gasteiger partial charge in [0.15, 0.2) is 0 Å². The summed E-state index contributed by atoms with van der Waals surface area (Å²) in [7, 11) is 1.73. The zero-order chi connectivity index (χ0) is 22.9. The SMILES string of the molecule is CCc1ccc(C(=O)N2CCN(C(=O)CCNC(=O)N(C)Cc3ccccc3)CC2)cc1. The Balaban J connectivity index is 1.37. The van der Waals surface area contributed by atoms with E-state index in [4.69, 9.17) is 0 Å². The summed E-state index contributed by atoms with van der Waals surface area (Å²) in [6, 6.07) is 17.3. The van der Waals surface area contributed by atoms with Crippen molar-refractivity contribution in [3.05, 3.63) is 71.3 Å². The van der Waals surface area contributed by atoms with Gasteiger partial charge in [0.05, 0.1) is 0 Å². The average Bonchev–Trinajstić information content (AvgIpc) is 2.84. The van der Waals surface area contributed by atoms with E-state index in [1.807, 2.05) is 54.6 Å². The van der Waals surface area contributed by atoms with Crippen molar-refractivity contribution in [3.63, 3.8) is 0 Å². The van der Waals surface area contributed by atoms with Crippen LogP contribution in [0.25, 0.3) is 0 Å². The fraction of sp³-hybridized carbons (Fsp3) is 0.400. The molecule has 1 saturated heterocycles. The third-order valence-electron chi connectivity index (χ3n) is 5.75. The number of rotatable bonds is 7. The van der Waals surface area contributed by atoms with E-state index in [1.165, 1.54) is 5.56 Å². The third kappa shape index (κ3) is 6.33. The molecule has 1 aliphatic heterocycles. The van der Waals surface area contributed by atoms with Crippen LogP contribution in [0, 0.1) is 0 Å². The van der Waals surface area contributed by atoms with Crippen molar-refractivity contribution >= 4 is 17.8 Å². The topological polar surface area (TPSA) is 73.0 Å². The number of carbonyl (C=O) groups is 3. The largest absolute Gasteiger partial charge is 0.339 e. The second kappa shape index (κ2) is 11.3. The lowest BCUT2D eigenvalue weighted by Gasteiger charge is -2.35. The number of urea groups is 1. The minimum Gasteiger partial charge on any atom is -0.339 e. The summed E-state index contributed by atoms with van der Waals surface area (Å²) < 4.78 is 0. The number of benzene rings is 2. The van der Waals surface area contributed by atoms with Crippen molar-refractivity contribution in [1.29, 1.82) is 0 Å². The van der Waals surface area contributed by atoms with Gasteiger partial charge in [0.1, 0.15) is 0 Å². The lowest BCUT2D eigenvalue weighted by molar-refractivity contribution is -0.132. The molecule has 7 heteroatoms. The molecule has 1 N–H and O–H groups in total. The highest BCUT2D eigenvalue weighted by Crippen LogP contribution is 2.11. The van der Waals surface area contributed by atoms with E-state index in [2.05, 4.69) is 12.2 Å². The maximum atomic E-state index is 12.7. The standard InChI is InChI=1S/C25H32N4O3/c1-3-20-9-11-22(12-10-20)24(31)29-17-15-28(16-18-29)23(30)13-14-26-25(32)27(2)19-21-7-5-4-6-8-21/h4-12H,3,13-19H2,1-2H3,(H,26,32). The number of nitrogens with zero attached hydrogens (tertiary/aromatic N) is 3. The molecule has 4 amide bonds. The van der Waals surface area contributed by atoms with Crippen LogP contribution < -0.4 is 5.32 Å². The molecule has 1 aliphatic rings. The number of carbonyl (C=O) groups excluding carboxylic acids is 3. The van der Waals surface area contributed by atoms with Gasteiger partial charge in [-0.25, -0.2) is 4.79 Å². The van der Waals surface area contributed by atoms with E-state index in [0.29, 0.717) is 44.8 Å². The average molecular weight is 437 g/mol. The predicted octanol–water partition coefficient (Wildman–Crippen LogP) is 2.77. The molecule has 3 rings (SSSR count). The Morgan fingerprint density at radius 2 is 1.50 bits per heavy atom. The number of amides is 4. The first kappa shape index (κ1) is 23.3. The Hall–Kier alpha value is -3.35. The van der Waals surface area contributed by atoms with Crippen LogP contribution in [0.1, 0.15) is 34.8 Å². The third-order valence-corrected chi connectivity index (χ3v) is 5.75. The van der Waals surface area contributed by atoms with E-state index >= 15 is 0 Å². The molecule has 0 atom stereocenters. The molecular weight excluding hydrogens is 404 g/mol. The van der Waals surface area contributed by atoms with Gasteiger partial charge in [-0.15, -0.1) is 0 Å². The Morgan fingerprint density at radius 3 is 2.12 bits per heavy atom. The number of hydrogen-bond acceptors (Lipinski definition) is 3. The van der Waals surface area contributed by atoms with E-state index in [9.17, 15) is 14.4 Å². The van der Waals surface area contributed by atoms with Crippen molar-refractivity contribution in [2.24, 2.45) is 0 Å². The van der Waals surface area contributed by atoms with Crippen LogP contribution in [0.15, 0.2) is 54.6 Å². The highest BCUT2D eigenvalue weighted by atomic mass is 16.2. The van der Waals surface area contributed by atoms with Gasteiger partial charge in [-0.2, -0.15) is 0 Å². The molecule has 0 aliphatic carbocycles. The van der Waals surface area contributed by atoms with Crippen LogP contribution in [0.3, 0.4) is 0 Å². The smallest absolute Gasteiger partial charge is 0.317 e. The predicted molar refractivity (Wildman–Crippen MR) is 124 cm³/mol. The van der Waals surface area contributed by atoms with Crippen molar-refractivity contribution < 1.29 is 14.4 Å². The van der Waals surface area contributed by atoms with Crippen LogP contribution in [0.2, 0.25) is 0 Å². The normalized spacial score (nSPS) is 13.6. The Bertz CT molecular complexity index is 907. The van der Waals surface area contributed by atoms with Crippen LogP contribution in [-0.2, 0) is 17.8 Å². The molecule has 0 bridgehead atoms. The van der Waals surface area contributed by atoms with Gasteiger partial charge >= 0.3 is 6.03 Å². The molecule has 7 nitrogen and oxygen atoms in total. The molecule has 170 valence electrons. The number of aryl methyl sites for hydroxylation is 1. The summed E-state index contributed by atoms with van der Waals surface area (Å²) in [6.07, 6.45) is 1.19. The van der Waals surface area contributed by atoms with Gasteiger partial charge < -0.3 is 20.0 Å². The van der Waals surface area contributed by atoms with Gasteiger partial charge in [-0.05, 0) is 29.7 Å². The Labute approximate surface area is 190 Å².